The van der Waals surface area contributed by atoms with Gasteiger partial charge in [-0.2, -0.15) is 0 Å². The third-order valence-corrected chi connectivity index (χ3v) is 6.39. The van der Waals surface area contributed by atoms with Crippen molar-refractivity contribution in [3.8, 4) is 0 Å². The lowest BCUT2D eigenvalue weighted by Gasteiger charge is -2.23. The number of sulfonamides is 1. The predicted molar refractivity (Wildman–Crippen MR) is 75.6 cm³/mol. The number of rotatable bonds is 6. The molecule has 0 aromatic carbocycles. The molecule has 1 unspecified atom stereocenters. The second-order valence-electron chi connectivity index (χ2n) is 6.09. The molecule has 1 N–H and O–H groups in total. The summed E-state index contributed by atoms with van der Waals surface area (Å²) in [6, 6.07) is 1.06. The van der Waals surface area contributed by atoms with E-state index in [1.165, 1.54) is 25.7 Å². The fraction of sp³-hybridized carbons (Fsp3) is 1.00. The molecule has 3 fully saturated rings. The highest BCUT2D eigenvalue weighted by molar-refractivity contribution is 7.89. The molecular weight excluding hydrogens is 262 g/mol. The van der Waals surface area contributed by atoms with Crippen LogP contribution >= 0.6 is 0 Å². The summed E-state index contributed by atoms with van der Waals surface area (Å²) in [6.07, 6.45) is 5.97. The minimum Gasteiger partial charge on any atom is -0.313 e. The van der Waals surface area contributed by atoms with Crippen LogP contribution in [0.15, 0.2) is 0 Å². The molecule has 3 rings (SSSR count). The summed E-state index contributed by atoms with van der Waals surface area (Å²) in [6.45, 7) is 4.35. The van der Waals surface area contributed by atoms with Crippen molar-refractivity contribution in [2.45, 2.75) is 44.2 Å². The lowest BCUT2D eigenvalue weighted by Crippen LogP contribution is -2.39. The molecule has 1 aliphatic carbocycles. The Morgan fingerprint density at radius 3 is 2.47 bits per heavy atom. The topological polar surface area (TPSA) is 52.7 Å². The van der Waals surface area contributed by atoms with Crippen molar-refractivity contribution in [2.75, 3.05) is 38.5 Å². The van der Waals surface area contributed by atoms with Crippen LogP contribution in [-0.2, 0) is 10.0 Å². The van der Waals surface area contributed by atoms with Gasteiger partial charge in [0.15, 0.2) is 0 Å². The van der Waals surface area contributed by atoms with Gasteiger partial charge < -0.3 is 5.32 Å². The maximum absolute atomic E-state index is 12.3. The first-order chi connectivity index (χ1) is 9.15. The zero-order valence-corrected chi connectivity index (χ0v) is 12.4. The lowest BCUT2D eigenvalue weighted by molar-refractivity contribution is 0.251. The van der Waals surface area contributed by atoms with Crippen molar-refractivity contribution in [3.63, 3.8) is 0 Å². The molecule has 2 heterocycles. The van der Waals surface area contributed by atoms with Gasteiger partial charge in [0.25, 0.3) is 0 Å². The van der Waals surface area contributed by atoms with Gasteiger partial charge in [-0.1, -0.05) is 0 Å². The fourth-order valence-electron chi connectivity index (χ4n) is 3.18. The first-order valence-corrected chi connectivity index (χ1v) is 9.21. The summed E-state index contributed by atoms with van der Waals surface area (Å²) in [5.41, 5.74) is 0. The van der Waals surface area contributed by atoms with Gasteiger partial charge >= 0.3 is 0 Å². The highest BCUT2D eigenvalue weighted by atomic mass is 32.2. The summed E-state index contributed by atoms with van der Waals surface area (Å²) in [5, 5.41) is 3.29. The van der Waals surface area contributed by atoms with Crippen LogP contribution in [0, 0.1) is 0 Å². The zero-order chi connectivity index (χ0) is 13.3. The molecule has 110 valence electrons. The summed E-state index contributed by atoms with van der Waals surface area (Å²) >= 11 is 0. The monoisotopic (exact) mass is 287 g/mol. The third kappa shape index (κ3) is 3.48. The second kappa shape index (κ2) is 5.68. The Kier molecular flexibility index (Phi) is 4.12. The summed E-state index contributed by atoms with van der Waals surface area (Å²) in [5.74, 6) is 0.260. The number of hydrogen-bond donors (Lipinski definition) is 1. The number of hydrogen-bond acceptors (Lipinski definition) is 4. The fourth-order valence-corrected chi connectivity index (χ4v) is 4.59. The molecular formula is C13H25N3O2S. The van der Waals surface area contributed by atoms with Crippen LogP contribution in [0.4, 0.5) is 0 Å². The first-order valence-electron chi connectivity index (χ1n) is 7.60. The molecule has 6 heteroatoms. The Labute approximate surface area is 116 Å². The van der Waals surface area contributed by atoms with Crippen molar-refractivity contribution in [3.05, 3.63) is 0 Å². The first kappa shape index (κ1) is 13.8. The van der Waals surface area contributed by atoms with Crippen molar-refractivity contribution < 1.29 is 8.42 Å². The Hall–Kier alpha value is -0.170. The zero-order valence-electron chi connectivity index (χ0n) is 11.6. The standard InChI is InChI=1S/C13H25N3O2S/c17-19(18,10-6-14-12-3-4-12)16-9-5-13(11-16)15-7-1-2-8-15/h12-14H,1-11H2. The Morgan fingerprint density at radius 2 is 1.79 bits per heavy atom. The van der Waals surface area contributed by atoms with Crippen LogP contribution in [0.25, 0.3) is 0 Å². The quantitative estimate of drug-likeness (QED) is 0.760. The predicted octanol–water partition coefficient (Wildman–Crippen LogP) is 0.238. The molecule has 1 saturated carbocycles. The van der Waals surface area contributed by atoms with E-state index in [9.17, 15) is 8.42 Å². The van der Waals surface area contributed by atoms with Crippen molar-refractivity contribution >= 4 is 10.0 Å². The third-order valence-electron chi connectivity index (χ3n) is 4.55. The molecule has 0 amide bonds. The molecule has 3 aliphatic rings. The van der Waals surface area contributed by atoms with E-state index in [0.717, 1.165) is 19.5 Å². The Balaban J connectivity index is 1.47. The number of nitrogens with one attached hydrogen (secondary N) is 1. The van der Waals surface area contributed by atoms with Crippen LogP contribution in [0.5, 0.6) is 0 Å². The smallest absolute Gasteiger partial charge is 0.215 e. The second-order valence-corrected chi connectivity index (χ2v) is 8.18. The van der Waals surface area contributed by atoms with Gasteiger partial charge in [0.1, 0.15) is 0 Å². The average Bonchev–Trinajstić information content (AvgIpc) is 2.89. The molecule has 5 nitrogen and oxygen atoms in total. The summed E-state index contributed by atoms with van der Waals surface area (Å²) in [7, 11) is -3.05. The summed E-state index contributed by atoms with van der Waals surface area (Å²) in [4.78, 5) is 2.47. The highest BCUT2D eigenvalue weighted by Crippen LogP contribution is 2.23. The molecule has 0 spiro atoms. The minimum atomic E-state index is -3.05. The van der Waals surface area contributed by atoms with E-state index in [-0.39, 0.29) is 5.75 Å². The average molecular weight is 287 g/mol. The van der Waals surface area contributed by atoms with Crippen LogP contribution < -0.4 is 5.32 Å². The Bertz CT molecular complexity index is 402. The van der Waals surface area contributed by atoms with Crippen molar-refractivity contribution in [2.24, 2.45) is 0 Å². The van der Waals surface area contributed by atoms with Gasteiger partial charge in [0, 0.05) is 31.7 Å². The largest absolute Gasteiger partial charge is 0.313 e. The van der Waals surface area contributed by atoms with E-state index < -0.39 is 10.0 Å². The van der Waals surface area contributed by atoms with Gasteiger partial charge in [-0.05, 0) is 45.2 Å². The molecule has 2 aliphatic heterocycles. The Morgan fingerprint density at radius 1 is 1.05 bits per heavy atom. The summed E-state index contributed by atoms with van der Waals surface area (Å²) < 4.78 is 26.2. The maximum Gasteiger partial charge on any atom is 0.215 e. The van der Waals surface area contributed by atoms with Gasteiger partial charge in [-0.15, -0.1) is 0 Å². The van der Waals surface area contributed by atoms with Crippen LogP contribution in [0.2, 0.25) is 0 Å². The molecule has 0 aromatic heterocycles. The molecule has 0 radical (unpaired) electrons. The van der Waals surface area contributed by atoms with E-state index in [4.69, 9.17) is 0 Å². The lowest BCUT2D eigenvalue weighted by atomic mass is 10.2. The molecule has 0 bridgehead atoms. The van der Waals surface area contributed by atoms with E-state index >= 15 is 0 Å². The maximum atomic E-state index is 12.3. The van der Waals surface area contributed by atoms with Gasteiger partial charge in [-0.3, -0.25) is 4.90 Å². The highest BCUT2D eigenvalue weighted by Gasteiger charge is 2.35. The van der Waals surface area contributed by atoms with Gasteiger partial charge in [0.2, 0.25) is 10.0 Å². The van der Waals surface area contributed by atoms with Crippen molar-refractivity contribution in [1.82, 2.24) is 14.5 Å². The SMILES string of the molecule is O=S(=O)(CCNC1CC1)N1CCC(N2CCCC2)C1. The van der Waals surface area contributed by atoms with E-state index in [1.807, 2.05) is 0 Å². The molecule has 1 atom stereocenters. The van der Waals surface area contributed by atoms with Crippen molar-refractivity contribution in [1.29, 1.82) is 0 Å². The van der Waals surface area contributed by atoms with Crippen LogP contribution in [0.1, 0.15) is 32.1 Å². The van der Waals surface area contributed by atoms with Gasteiger partial charge in [0.05, 0.1) is 5.75 Å². The molecule has 19 heavy (non-hydrogen) atoms. The van der Waals surface area contributed by atoms with Crippen LogP contribution in [0.3, 0.4) is 0 Å². The number of likely N-dealkylation sites (tertiary alicyclic amines) is 1. The van der Waals surface area contributed by atoms with E-state index in [2.05, 4.69) is 10.2 Å². The normalized spacial score (nSPS) is 30.2. The molecule has 2 saturated heterocycles. The van der Waals surface area contributed by atoms with Gasteiger partial charge in [-0.25, -0.2) is 12.7 Å². The number of nitrogens with zero attached hydrogens (tertiary/aromatic N) is 2. The minimum absolute atomic E-state index is 0.260. The van der Waals surface area contributed by atoms with E-state index in [0.29, 0.717) is 31.7 Å². The van der Waals surface area contributed by atoms with E-state index in [1.54, 1.807) is 4.31 Å². The molecule has 0 aromatic rings. The van der Waals surface area contributed by atoms with Crippen LogP contribution in [-0.4, -0.2) is 68.2 Å².